The van der Waals surface area contributed by atoms with Crippen LogP contribution < -0.4 is 21.3 Å². The van der Waals surface area contributed by atoms with Crippen LogP contribution in [0.15, 0.2) is 67.3 Å². The van der Waals surface area contributed by atoms with Crippen LogP contribution in [0.25, 0.3) is 0 Å². The van der Waals surface area contributed by atoms with Gasteiger partial charge < -0.3 is 35.8 Å². The van der Waals surface area contributed by atoms with Crippen molar-refractivity contribution in [3.8, 4) is 0 Å². The zero-order chi connectivity index (χ0) is 41.6. The van der Waals surface area contributed by atoms with Crippen molar-refractivity contribution in [2.24, 2.45) is 29.1 Å². The van der Waals surface area contributed by atoms with E-state index in [2.05, 4.69) is 27.8 Å². The second-order valence-corrected chi connectivity index (χ2v) is 16.6. The Morgan fingerprint density at radius 3 is 2.16 bits per heavy atom. The van der Waals surface area contributed by atoms with Gasteiger partial charge in [-0.25, -0.2) is 4.79 Å². The van der Waals surface area contributed by atoms with Gasteiger partial charge in [0.15, 0.2) is 0 Å². The van der Waals surface area contributed by atoms with E-state index < -0.39 is 66.2 Å². The largest absolute Gasteiger partial charge is 0.449 e. The first-order valence-electron chi connectivity index (χ1n) is 19.6. The first kappa shape index (κ1) is 42.6. The molecule has 6 atom stereocenters. The van der Waals surface area contributed by atoms with Gasteiger partial charge in [0, 0.05) is 20.6 Å². The zero-order valence-electron chi connectivity index (χ0n) is 33.7. The van der Waals surface area contributed by atoms with E-state index >= 15 is 0 Å². The van der Waals surface area contributed by atoms with Crippen molar-refractivity contribution in [3.05, 3.63) is 83.9 Å². The van der Waals surface area contributed by atoms with E-state index in [1.165, 1.54) is 9.80 Å². The molecule has 2 aromatic rings. The molecule has 6 amide bonds. The summed E-state index contributed by atoms with van der Waals surface area (Å²) in [5.41, 5.74) is 2.46. The Morgan fingerprint density at radius 2 is 1.56 bits per heavy atom. The molecule has 2 fully saturated rings. The number of nitrogens with zero attached hydrogens (tertiary/aromatic N) is 2. The molecule has 0 aromatic heterocycles. The molecule has 2 aliphatic carbocycles. The van der Waals surface area contributed by atoms with Crippen LogP contribution in [0.4, 0.5) is 4.79 Å². The first-order valence-corrected chi connectivity index (χ1v) is 19.6. The Kier molecular flexibility index (Phi) is 13.6. The van der Waals surface area contributed by atoms with Gasteiger partial charge in [0.25, 0.3) is 5.91 Å². The molecule has 1 heterocycles. The highest BCUT2D eigenvalue weighted by molar-refractivity contribution is 6.38. The van der Waals surface area contributed by atoms with E-state index in [1.807, 2.05) is 52.0 Å². The lowest BCUT2D eigenvalue weighted by Crippen LogP contribution is -2.59. The fraction of sp³-hybridized carbons (Fsp3) is 0.512. The molecule has 5 rings (SSSR count). The second kappa shape index (κ2) is 18.2. The minimum Gasteiger partial charge on any atom is -0.449 e. The van der Waals surface area contributed by atoms with Gasteiger partial charge in [-0.3, -0.25) is 28.8 Å². The van der Waals surface area contributed by atoms with Gasteiger partial charge in [0.2, 0.25) is 29.4 Å². The number of alkyl carbamates (subject to hydrolysis) is 1. The Balaban J connectivity index is 1.29. The number of benzene rings is 2. The molecular weight excluding hydrogens is 729 g/mol. The van der Waals surface area contributed by atoms with Crippen LogP contribution in [0.1, 0.15) is 63.3 Å². The van der Waals surface area contributed by atoms with Crippen LogP contribution in [-0.4, -0.2) is 103 Å². The molecule has 4 unspecified atom stereocenters. The molecule has 0 bridgehead atoms. The second-order valence-electron chi connectivity index (χ2n) is 16.6. The summed E-state index contributed by atoms with van der Waals surface area (Å²) in [7, 11) is 3.12. The standard InChI is InChI=1S/C43H56N6O8/c1-8-9-19-31(37(51)39(53)44-22-32(50)46-34(40(54)48(6)7)26-15-11-10-12-16-26)45-38(52)36-33-30(43(33,4)5)23-49(36)41(55)35(47-42(56)57-24-25(2)3)29-20-27-17-13-14-18-28(27)21-29/h8,10-18,25,29-31,33-36H,1,9,19-24H2,2-7H3,(H,44,53)(H,45,52)(H,46,50)(H,47,56)/t30?,31?,33?,34-,35?,36-/m0/s1. The fourth-order valence-corrected chi connectivity index (χ4v) is 8.23. The number of Topliss-reactive ketones (excluding diaryl/α,β-unsaturated/α-hetero) is 1. The number of carbonyl (C=O) groups is 7. The average Bonchev–Trinajstić information content (AvgIpc) is 3.54. The third kappa shape index (κ3) is 9.89. The van der Waals surface area contributed by atoms with Crippen molar-refractivity contribution < 1.29 is 38.3 Å². The van der Waals surface area contributed by atoms with Crippen molar-refractivity contribution in [2.75, 3.05) is 33.8 Å². The molecule has 2 aromatic carbocycles. The van der Waals surface area contributed by atoms with E-state index in [0.717, 1.165) is 11.1 Å². The number of ether oxygens (including phenoxy) is 1. The predicted molar refractivity (Wildman–Crippen MR) is 212 cm³/mol. The van der Waals surface area contributed by atoms with Crippen LogP contribution in [0.3, 0.4) is 0 Å². The Labute approximate surface area is 334 Å². The van der Waals surface area contributed by atoms with Crippen LogP contribution >= 0.6 is 0 Å². The highest BCUT2D eigenvalue weighted by atomic mass is 16.5. The molecule has 4 N–H and O–H groups in total. The Morgan fingerprint density at radius 1 is 0.930 bits per heavy atom. The summed E-state index contributed by atoms with van der Waals surface area (Å²) in [6.07, 6.45) is 2.30. The summed E-state index contributed by atoms with van der Waals surface area (Å²) in [5, 5.41) is 10.6. The molecule has 0 radical (unpaired) electrons. The van der Waals surface area contributed by atoms with E-state index in [1.54, 1.807) is 50.5 Å². The Hall–Kier alpha value is -5.53. The molecule has 3 aliphatic rings. The predicted octanol–water partition coefficient (Wildman–Crippen LogP) is 2.72. The number of likely N-dealkylation sites (N-methyl/N-ethyl adjacent to an activating group) is 1. The van der Waals surface area contributed by atoms with Gasteiger partial charge in [-0.1, -0.05) is 88.4 Å². The maximum absolute atomic E-state index is 14.6. The minimum atomic E-state index is -1.28. The molecule has 57 heavy (non-hydrogen) atoms. The lowest BCUT2D eigenvalue weighted by atomic mass is 9.93. The van der Waals surface area contributed by atoms with E-state index in [4.69, 9.17) is 4.74 Å². The van der Waals surface area contributed by atoms with Gasteiger partial charge in [0.05, 0.1) is 19.2 Å². The number of likely N-dealkylation sites (tertiary alicyclic amines) is 1. The number of carbonyl (C=O) groups excluding carboxylic acids is 7. The highest BCUT2D eigenvalue weighted by Crippen LogP contribution is 2.65. The number of hydrogen-bond donors (Lipinski definition) is 4. The normalized spacial score (nSPS) is 20.5. The van der Waals surface area contributed by atoms with Crippen LogP contribution in [-0.2, 0) is 46.3 Å². The monoisotopic (exact) mass is 784 g/mol. The minimum absolute atomic E-state index is 0.00902. The molecule has 1 aliphatic heterocycles. The highest BCUT2D eigenvalue weighted by Gasteiger charge is 2.70. The topological polar surface area (TPSA) is 183 Å². The molecule has 1 saturated heterocycles. The summed E-state index contributed by atoms with van der Waals surface area (Å²) < 4.78 is 5.43. The van der Waals surface area contributed by atoms with Crippen LogP contribution in [0.5, 0.6) is 0 Å². The number of amides is 6. The Bertz CT molecular complexity index is 1840. The van der Waals surface area contributed by atoms with Gasteiger partial charge >= 0.3 is 6.09 Å². The smallest absolute Gasteiger partial charge is 0.407 e. The number of piperidine rings is 1. The molecule has 306 valence electrons. The third-order valence-corrected chi connectivity index (χ3v) is 11.5. The van der Waals surface area contributed by atoms with Gasteiger partial charge in [-0.15, -0.1) is 6.58 Å². The van der Waals surface area contributed by atoms with Crippen LogP contribution in [0, 0.1) is 29.1 Å². The molecular formula is C43H56N6O8. The fourth-order valence-electron chi connectivity index (χ4n) is 8.23. The number of allylic oxidation sites excluding steroid dienone is 1. The van der Waals surface area contributed by atoms with Crippen molar-refractivity contribution in [1.82, 2.24) is 31.1 Å². The van der Waals surface area contributed by atoms with Gasteiger partial charge in [-0.2, -0.15) is 0 Å². The molecule has 14 heteroatoms. The molecule has 14 nitrogen and oxygen atoms in total. The average molecular weight is 785 g/mol. The van der Waals surface area contributed by atoms with E-state index in [-0.39, 0.29) is 61.0 Å². The SMILES string of the molecule is C=CCCC(NC(=O)[C@@H]1C2C(CN1C(=O)C(NC(=O)OCC(C)C)C1Cc3ccccc3C1)C2(C)C)C(=O)C(=O)NCC(=O)N[C@H](C(=O)N(C)C)c1ccccc1. The zero-order valence-corrected chi connectivity index (χ0v) is 33.7. The van der Waals surface area contributed by atoms with Crippen molar-refractivity contribution in [3.63, 3.8) is 0 Å². The van der Waals surface area contributed by atoms with Crippen molar-refractivity contribution >= 4 is 41.4 Å². The molecule has 0 spiro atoms. The first-order chi connectivity index (χ1) is 27.0. The van der Waals surface area contributed by atoms with Crippen molar-refractivity contribution in [1.29, 1.82) is 0 Å². The summed E-state index contributed by atoms with van der Waals surface area (Å²) in [5.74, 6) is -4.54. The number of fused-ring (bicyclic) bond motifs is 2. The maximum atomic E-state index is 14.6. The lowest BCUT2D eigenvalue weighted by molar-refractivity contribution is -0.144. The third-order valence-electron chi connectivity index (χ3n) is 11.5. The number of hydrogen-bond acceptors (Lipinski definition) is 8. The lowest BCUT2D eigenvalue weighted by Gasteiger charge is -2.35. The van der Waals surface area contributed by atoms with Crippen molar-refractivity contribution in [2.45, 2.75) is 77.5 Å². The van der Waals surface area contributed by atoms with Gasteiger partial charge in [-0.05, 0) is 71.5 Å². The summed E-state index contributed by atoms with van der Waals surface area (Å²) >= 11 is 0. The van der Waals surface area contributed by atoms with E-state index in [0.29, 0.717) is 18.4 Å². The summed E-state index contributed by atoms with van der Waals surface area (Å²) in [4.78, 5) is 97.5. The maximum Gasteiger partial charge on any atom is 0.407 e. The summed E-state index contributed by atoms with van der Waals surface area (Å²) in [6, 6.07) is 12.3. The number of nitrogens with one attached hydrogen (secondary N) is 4. The number of rotatable bonds is 17. The quantitative estimate of drug-likeness (QED) is 0.140. The number of ketones is 1. The van der Waals surface area contributed by atoms with Gasteiger partial charge in [0.1, 0.15) is 18.1 Å². The summed E-state index contributed by atoms with van der Waals surface area (Å²) in [6.45, 7) is 11.5. The van der Waals surface area contributed by atoms with Crippen LogP contribution in [0.2, 0.25) is 0 Å². The van der Waals surface area contributed by atoms with E-state index in [9.17, 15) is 33.6 Å². The molecule has 1 saturated carbocycles.